The molecule has 2 aromatic heterocycles. The van der Waals surface area contributed by atoms with Crippen molar-refractivity contribution in [3.05, 3.63) is 90.3 Å². The molecule has 0 fully saturated rings. The van der Waals surface area contributed by atoms with E-state index in [1.54, 1.807) is 43.5 Å². The fourth-order valence-electron chi connectivity index (χ4n) is 4.07. The van der Waals surface area contributed by atoms with Crippen LogP contribution in [0.15, 0.2) is 73.2 Å². The van der Waals surface area contributed by atoms with Crippen molar-refractivity contribution in [2.75, 3.05) is 10.6 Å². The predicted octanol–water partition coefficient (Wildman–Crippen LogP) is 5.85. The minimum Gasteiger partial charge on any atom is -0.326 e. The van der Waals surface area contributed by atoms with E-state index in [-0.39, 0.29) is 11.4 Å². The lowest BCUT2D eigenvalue weighted by atomic mass is 10.1. The third-order valence-electron chi connectivity index (χ3n) is 5.80. The van der Waals surface area contributed by atoms with Crippen molar-refractivity contribution in [2.45, 2.75) is 19.5 Å². The van der Waals surface area contributed by atoms with Crippen molar-refractivity contribution in [1.29, 1.82) is 0 Å². The van der Waals surface area contributed by atoms with Crippen molar-refractivity contribution in [3.63, 3.8) is 0 Å². The summed E-state index contributed by atoms with van der Waals surface area (Å²) in [5, 5.41) is 12.7. The van der Waals surface area contributed by atoms with E-state index in [4.69, 9.17) is 0 Å². The topological polar surface area (TPSA) is 105 Å². The van der Waals surface area contributed by atoms with Crippen molar-refractivity contribution in [2.24, 2.45) is 0 Å². The van der Waals surface area contributed by atoms with E-state index in [1.807, 2.05) is 0 Å². The molecular weight excluding hydrogens is 516 g/mol. The molecule has 3 N–H and O–H groups in total. The molecule has 0 aliphatic rings. The van der Waals surface area contributed by atoms with Crippen LogP contribution in [0, 0.1) is 12.7 Å². The zero-order valence-electron chi connectivity index (χ0n) is 20.3. The summed E-state index contributed by atoms with van der Waals surface area (Å²) in [4.78, 5) is 29.0. The number of hydrogen-bond acceptors (Lipinski definition) is 4. The molecule has 0 aliphatic heterocycles. The molecule has 12 heteroatoms. The van der Waals surface area contributed by atoms with Gasteiger partial charge in [-0.25, -0.2) is 9.37 Å². The van der Waals surface area contributed by atoms with Crippen molar-refractivity contribution >= 4 is 34.1 Å². The maximum absolute atomic E-state index is 13.6. The molecule has 5 aromatic rings. The standard InChI is InChI=1S/C27H20F4N6O2/c1-15-13-37(14-32-15)21-9-17(27(29,30)31)8-20(10-21)34-25(39)12-24(38)33-19-5-6-22-23(11-19)35-36-26(22)16-3-2-4-18(28)7-16/h2-11,13-14H,12H2,1H3,(H,33,38)(H,34,39)(H,35,36). The Morgan fingerprint density at radius 2 is 1.74 bits per heavy atom. The lowest BCUT2D eigenvalue weighted by Gasteiger charge is -2.13. The number of aromatic nitrogens is 4. The first-order chi connectivity index (χ1) is 18.5. The average Bonchev–Trinajstić information content (AvgIpc) is 3.49. The van der Waals surface area contributed by atoms with Gasteiger partial charge in [0.2, 0.25) is 11.8 Å². The summed E-state index contributed by atoms with van der Waals surface area (Å²) in [6.45, 7) is 1.69. The molecule has 2 amide bonds. The van der Waals surface area contributed by atoms with Gasteiger partial charge in [-0.15, -0.1) is 0 Å². The average molecular weight is 536 g/mol. The number of H-pyrrole nitrogens is 1. The van der Waals surface area contributed by atoms with Crippen LogP contribution < -0.4 is 10.6 Å². The maximum Gasteiger partial charge on any atom is 0.416 e. The number of amides is 2. The highest BCUT2D eigenvalue weighted by Crippen LogP contribution is 2.33. The lowest BCUT2D eigenvalue weighted by Crippen LogP contribution is -2.21. The van der Waals surface area contributed by atoms with Crippen molar-refractivity contribution < 1.29 is 27.2 Å². The number of fused-ring (bicyclic) bond motifs is 1. The quantitative estimate of drug-likeness (QED) is 0.187. The van der Waals surface area contributed by atoms with Crippen LogP contribution in [0.25, 0.3) is 27.8 Å². The number of nitrogens with one attached hydrogen (secondary N) is 3. The van der Waals surface area contributed by atoms with Gasteiger partial charge in [0.25, 0.3) is 0 Å². The number of aryl methyl sites for hydroxylation is 1. The van der Waals surface area contributed by atoms with Gasteiger partial charge in [0.05, 0.1) is 23.1 Å². The van der Waals surface area contributed by atoms with Crippen LogP contribution in [0.2, 0.25) is 0 Å². The number of carbonyl (C=O) groups excluding carboxylic acids is 2. The van der Waals surface area contributed by atoms with Gasteiger partial charge in [-0.2, -0.15) is 18.3 Å². The summed E-state index contributed by atoms with van der Waals surface area (Å²) in [5.74, 6) is -1.87. The van der Waals surface area contributed by atoms with Crippen molar-refractivity contribution in [1.82, 2.24) is 19.7 Å². The monoisotopic (exact) mass is 536 g/mol. The summed E-state index contributed by atoms with van der Waals surface area (Å²) in [7, 11) is 0. The normalized spacial score (nSPS) is 11.5. The Labute approximate surface area is 218 Å². The molecule has 0 radical (unpaired) electrons. The SMILES string of the molecule is Cc1cn(-c2cc(NC(=O)CC(=O)Nc3ccc4c(-c5cccc(F)c5)n[nH]c4c3)cc(C(F)(F)F)c2)cn1. The second kappa shape index (κ2) is 10.0. The Morgan fingerprint density at radius 3 is 2.44 bits per heavy atom. The fraction of sp³-hybridized carbons (Fsp3) is 0.111. The van der Waals surface area contributed by atoms with Crippen LogP contribution in [-0.4, -0.2) is 31.6 Å². The van der Waals surface area contributed by atoms with Gasteiger partial charge in [-0.05, 0) is 55.5 Å². The molecule has 0 bridgehead atoms. The molecular formula is C27H20F4N6O2. The summed E-state index contributed by atoms with van der Waals surface area (Å²) in [5.41, 5.74) is 1.73. The molecule has 5 rings (SSSR count). The summed E-state index contributed by atoms with van der Waals surface area (Å²) in [6.07, 6.45) is -2.37. The second-order valence-electron chi connectivity index (χ2n) is 8.80. The van der Waals surface area contributed by atoms with Crippen LogP contribution in [0.4, 0.5) is 28.9 Å². The van der Waals surface area contributed by atoms with E-state index < -0.39 is 35.8 Å². The Morgan fingerprint density at radius 1 is 0.974 bits per heavy atom. The number of alkyl halides is 3. The number of hydrogen-bond donors (Lipinski definition) is 3. The first kappa shape index (κ1) is 25.6. The third kappa shape index (κ3) is 5.79. The molecule has 198 valence electrons. The molecule has 0 saturated carbocycles. The first-order valence-electron chi connectivity index (χ1n) is 11.6. The number of benzene rings is 3. The third-order valence-corrected chi connectivity index (χ3v) is 5.80. The Kier molecular flexibility index (Phi) is 6.60. The Hall–Kier alpha value is -5.00. The van der Waals surface area contributed by atoms with E-state index in [2.05, 4.69) is 25.8 Å². The van der Waals surface area contributed by atoms with E-state index in [9.17, 15) is 27.2 Å². The minimum atomic E-state index is -4.65. The molecule has 0 atom stereocenters. The highest BCUT2D eigenvalue weighted by molar-refractivity contribution is 6.08. The fourth-order valence-corrected chi connectivity index (χ4v) is 4.07. The van der Waals surface area contributed by atoms with Gasteiger partial charge in [0, 0.05) is 34.2 Å². The van der Waals surface area contributed by atoms with Crippen LogP contribution in [0.5, 0.6) is 0 Å². The molecule has 2 heterocycles. The summed E-state index contributed by atoms with van der Waals surface area (Å²) >= 11 is 0. The molecule has 0 unspecified atom stereocenters. The van der Waals surface area contributed by atoms with Gasteiger partial charge < -0.3 is 15.2 Å². The van der Waals surface area contributed by atoms with Gasteiger partial charge in [-0.3, -0.25) is 14.7 Å². The zero-order valence-corrected chi connectivity index (χ0v) is 20.3. The van der Waals surface area contributed by atoms with Crippen LogP contribution in [0.1, 0.15) is 17.7 Å². The zero-order chi connectivity index (χ0) is 27.7. The number of halogens is 4. The predicted molar refractivity (Wildman–Crippen MR) is 137 cm³/mol. The van der Waals surface area contributed by atoms with E-state index in [0.29, 0.717) is 33.5 Å². The second-order valence-corrected chi connectivity index (χ2v) is 8.80. The largest absolute Gasteiger partial charge is 0.416 e. The number of imidazole rings is 1. The molecule has 0 saturated heterocycles. The molecule has 0 aliphatic carbocycles. The highest BCUT2D eigenvalue weighted by Gasteiger charge is 2.31. The number of aromatic amines is 1. The molecule has 8 nitrogen and oxygen atoms in total. The lowest BCUT2D eigenvalue weighted by molar-refractivity contribution is -0.137. The summed E-state index contributed by atoms with van der Waals surface area (Å²) < 4.78 is 55.4. The van der Waals surface area contributed by atoms with Crippen molar-refractivity contribution in [3.8, 4) is 16.9 Å². The van der Waals surface area contributed by atoms with Crippen LogP contribution in [-0.2, 0) is 15.8 Å². The van der Waals surface area contributed by atoms with Gasteiger partial charge in [0.1, 0.15) is 17.9 Å². The maximum atomic E-state index is 13.6. The molecule has 39 heavy (non-hydrogen) atoms. The van der Waals surface area contributed by atoms with Crippen LogP contribution >= 0.6 is 0 Å². The van der Waals surface area contributed by atoms with E-state index >= 15 is 0 Å². The Balaban J connectivity index is 1.28. The van der Waals surface area contributed by atoms with E-state index in [0.717, 1.165) is 12.1 Å². The first-order valence-corrected chi connectivity index (χ1v) is 11.6. The number of nitrogens with zero attached hydrogens (tertiary/aromatic N) is 3. The van der Waals surface area contributed by atoms with E-state index in [1.165, 1.54) is 29.1 Å². The minimum absolute atomic E-state index is 0.118. The van der Waals surface area contributed by atoms with Gasteiger partial charge >= 0.3 is 6.18 Å². The van der Waals surface area contributed by atoms with Gasteiger partial charge in [0.15, 0.2) is 0 Å². The highest BCUT2D eigenvalue weighted by atomic mass is 19.4. The van der Waals surface area contributed by atoms with Gasteiger partial charge in [-0.1, -0.05) is 12.1 Å². The number of rotatable bonds is 6. The number of anilines is 2. The molecule has 3 aromatic carbocycles. The Bertz CT molecular complexity index is 1710. The smallest absolute Gasteiger partial charge is 0.326 e. The number of carbonyl (C=O) groups is 2. The summed E-state index contributed by atoms with van der Waals surface area (Å²) in [6, 6.07) is 14.0. The van der Waals surface area contributed by atoms with Crippen LogP contribution in [0.3, 0.4) is 0 Å². The molecule has 0 spiro atoms.